The minimum absolute atomic E-state index is 0.0242. The summed E-state index contributed by atoms with van der Waals surface area (Å²) in [5.41, 5.74) is 5.04. The van der Waals surface area contributed by atoms with E-state index in [0.29, 0.717) is 6.42 Å². The molecule has 0 saturated carbocycles. The molecule has 2 aromatic heterocycles. The Kier molecular flexibility index (Phi) is 4.54. The van der Waals surface area contributed by atoms with E-state index in [1.165, 1.54) is 5.56 Å². The fraction of sp³-hybridized carbons (Fsp3) is 0.143. The van der Waals surface area contributed by atoms with Gasteiger partial charge >= 0.3 is 0 Å². The van der Waals surface area contributed by atoms with E-state index in [1.54, 1.807) is 11.3 Å². The van der Waals surface area contributed by atoms with Crippen molar-refractivity contribution in [1.29, 1.82) is 0 Å². The molecule has 0 aliphatic rings. The second kappa shape index (κ2) is 7.14. The number of thiazole rings is 1. The summed E-state index contributed by atoms with van der Waals surface area (Å²) >= 11 is 1.55. The number of hydrogen-bond acceptors (Lipinski definition) is 3. The highest BCUT2D eigenvalue weighted by molar-refractivity contribution is 7.15. The number of anilines is 1. The molecule has 0 spiro atoms. The van der Waals surface area contributed by atoms with Crippen molar-refractivity contribution < 1.29 is 4.79 Å². The zero-order valence-corrected chi connectivity index (χ0v) is 15.3. The Morgan fingerprint density at radius 2 is 1.88 bits per heavy atom. The number of rotatable bonds is 5. The first-order valence-corrected chi connectivity index (χ1v) is 9.50. The van der Waals surface area contributed by atoms with Crippen molar-refractivity contribution in [3.8, 4) is 11.3 Å². The summed E-state index contributed by atoms with van der Waals surface area (Å²) in [6, 6.07) is 18.1. The van der Waals surface area contributed by atoms with Crippen LogP contribution >= 0.6 is 11.3 Å². The van der Waals surface area contributed by atoms with Gasteiger partial charge in [-0.25, -0.2) is 4.98 Å². The zero-order valence-electron chi connectivity index (χ0n) is 14.5. The number of fused-ring (bicyclic) bond motifs is 1. The molecule has 2 heterocycles. The normalized spacial score (nSPS) is 11.0. The van der Waals surface area contributed by atoms with Crippen LogP contribution in [0.2, 0.25) is 0 Å². The highest BCUT2D eigenvalue weighted by atomic mass is 32.1. The summed E-state index contributed by atoms with van der Waals surface area (Å²) in [6.07, 6.45) is 3.31. The number of aromatic nitrogens is 2. The molecule has 0 unspecified atom stereocenters. The number of amides is 1. The Morgan fingerprint density at radius 3 is 2.62 bits per heavy atom. The molecule has 130 valence electrons. The van der Waals surface area contributed by atoms with Gasteiger partial charge in [-0.3, -0.25) is 9.20 Å². The fourth-order valence-electron chi connectivity index (χ4n) is 2.90. The molecule has 4 rings (SSSR count). The Hall–Kier alpha value is -2.92. The molecular weight excluding hydrogens is 342 g/mol. The van der Waals surface area contributed by atoms with Gasteiger partial charge in [0.2, 0.25) is 5.91 Å². The Bertz CT molecular complexity index is 1030. The van der Waals surface area contributed by atoms with Gasteiger partial charge < -0.3 is 5.32 Å². The third kappa shape index (κ3) is 3.39. The van der Waals surface area contributed by atoms with E-state index in [9.17, 15) is 4.79 Å². The van der Waals surface area contributed by atoms with Gasteiger partial charge in [0, 0.05) is 28.5 Å². The van der Waals surface area contributed by atoms with Crippen molar-refractivity contribution in [2.45, 2.75) is 19.8 Å². The molecule has 26 heavy (non-hydrogen) atoms. The minimum Gasteiger partial charge on any atom is -0.326 e. The van der Waals surface area contributed by atoms with Crippen molar-refractivity contribution in [2.24, 2.45) is 0 Å². The molecule has 0 aliphatic carbocycles. The molecule has 2 aromatic carbocycles. The van der Waals surface area contributed by atoms with Crippen LogP contribution in [0.15, 0.2) is 66.2 Å². The first-order valence-electron chi connectivity index (χ1n) is 8.62. The van der Waals surface area contributed by atoms with Crippen LogP contribution < -0.4 is 5.32 Å². The molecule has 5 heteroatoms. The maximum absolute atomic E-state index is 12.4. The predicted octanol–water partition coefficient (Wildman–Crippen LogP) is 4.81. The molecule has 1 N–H and O–H groups in total. The molecule has 0 saturated heterocycles. The Morgan fingerprint density at radius 1 is 1.12 bits per heavy atom. The quantitative estimate of drug-likeness (QED) is 0.555. The van der Waals surface area contributed by atoms with E-state index >= 15 is 0 Å². The molecule has 4 nitrogen and oxygen atoms in total. The van der Waals surface area contributed by atoms with Gasteiger partial charge in [0.05, 0.1) is 12.1 Å². The van der Waals surface area contributed by atoms with Crippen LogP contribution in [0.5, 0.6) is 0 Å². The van der Waals surface area contributed by atoms with Crippen LogP contribution in [0.3, 0.4) is 0 Å². The second-order valence-corrected chi connectivity index (χ2v) is 6.98. The molecular formula is C21H19N3OS. The lowest BCUT2D eigenvalue weighted by molar-refractivity contribution is -0.115. The average Bonchev–Trinajstić information content (AvgIpc) is 3.25. The number of benzene rings is 2. The summed E-state index contributed by atoms with van der Waals surface area (Å²) in [5.74, 6) is -0.0242. The van der Waals surface area contributed by atoms with E-state index in [2.05, 4.69) is 17.2 Å². The van der Waals surface area contributed by atoms with Gasteiger partial charge in [0.15, 0.2) is 4.96 Å². The van der Waals surface area contributed by atoms with Crippen LogP contribution in [0.1, 0.15) is 18.2 Å². The highest BCUT2D eigenvalue weighted by Crippen LogP contribution is 2.24. The summed E-state index contributed by atoms with van der Waals surface area (Å²) < 4.78 is 2.01. The van der Waals surface area contributed by atoms with Gasteiger partial charge in [-0.05, 0) is 24.1 Å². The van der Waals surface area contributed by atoms with Gasteiger partial charge in [-0.2, -0.15) is 0 Å². The SMILES string of the molecule is CCc1ccc(NC(=O)Cc2csc3nc(-c4ccccc4)cn23)cc1. The summed E-state index contributed by atoms with van der Waals surface area (Å²) in [4.78, 5) is 18.0. The van der Waals surface area contributed by atoms with Crippen LogP contribution in [-0.2, 0) is 17.6 Å². The van der Waals surface area contributed by atoms with Crippen LogP contribution in [-0.4, -0.2) is 15.3 Å². The van der Waals surface area contributed by atoms with Crippen LogP contribution in [0, 0.1) is 0 Å². The first-order chi connectivity index (χ1) is 12.7. The van der Waals surface area contributed by atoms with E-state index in [-0.39, 0.29) is 5.91 Å². The Balaban J connectivity index is 1.51. The molecule has 1 amide bonds. The van der Waals surface area contributed by atoms with Crippen molar-refractivity contribution in [3.05, 3.63) is 77.4 Å². The molecule has 4 aromatic rings. The van der Waals surface area contributed by atoms with E-state index < -0.39 is 0 Å². The summed E-state index contributed by atoms with van der Waals surface area (Å²) in [6.45, 7) is 2.12. The molecule has 0 aliphatic heterocycles. The van der Waals surface area contributed by atoms with E-state index in [1.807, 2.05) is 70.6 Å². The Labute approximate surface area is 156 Å². The standard InChI is InChI=1S/C21H19N3OS/c1-2-15-8-10-17(11-9-15)22-20(25)12-18-14-26-21-23-19(13-24(18)21)16-6-4-3-5-7-16/h3-11,13-14H,2,12H2,1H3,(H,22,25). The number of aryl methyl sites for hydroxylation is 1. The lowest BCUT2D eigenvalue weighted by Gasteiger charge is -2.05. The molecule has 0 radical (unpaired) electrons. The number of hydrogen-bond donors (Lipinski definition) is 1. The van der Waals surface area contributed by atoms with E-state index in [0.717, 1.165) is 34.0 Å². The average molecular weight is 361 g/mol. The van der Waals surface area contributed by atoms with Crippen molar-refractivity contribution in [3.63, 3.8) is 0 Å². The molecule has 0 fully saturated rings. The summed E-state index contributed by atoms with van der Waals surface area (Å²) in [5, 5.41) is 4.96. The first kappa shape index (κ1) is 16.5. The second-order valence-electron chi connectivity index (χ2n) is 6.15. The lowest BCUT2D eigenvalue weighted by Crippen LogP contribution is -2.15. The van der Waals surface area contributed by atoms with Gasteiger partial charge in [-0.1, -0.05) is 49.4 Å². The minimum atomic E-state index is -0.0242. The van der Waals surface area contributed by atoms with E-state index in [4.69, 9.17) is 0 Å². The van der Waals surface area contributed by atoms with Crippen molar-refractivity contribution in [1.82, 2.24) is 9.38 Å². The highest BCUT2D eigenvalue weighted by Gasteiger charge is 2.12. The van der Waals surface area contributed by atoms with Gasteiger partial charge in [0.1, 0.15) is 0 Å². The number of nitrogens with zero attached hydrogens (tertiary/aromatic N) is 2. The summed E-state index contributed by atoms with van der Waals surface area (Å²) in [7, 11) is 0. The van der Waals surface area contributed by atoms with Crippen molar-refractivity contribution in [2.75, 3.05) is 5.32 Å². The van der Waals surface area contributed by atoms with Gasteiger partial charge in [0.25, 0.3) is 0 Å². The fourth-order valence-corrected chi connectivity index (χ4v) is 3.77. The molecule has 0 atom stereocenters. The number of carbonyl (C=O) groups is 1. The largest absolute Gasteiger partial charge is 0.326 e. The van der Waals surface area contributed by atoms with Gasteiger partial charge in [-0.15, -0.1) is 11.3 Å². The predicted molar refractivity (Wildman–Crippen MR) is 107 cm³/mol. The maximum atomic E-state index is 12.4. The number of carbonyl (C=O) groups excluding carboxylic acids is 1. The monoisotopic (exact) mass is 361 g/mol. The topological polar surface area (TPSA) is 46.4 Å². The molecule has 0 bridgehead atoms. The number of nitrogens with one attached hydrogen (secondary N) is 1. The number of imidazole rings is 1. The van der Waals surface area contributed by atoms with Crippen molar-refractivity contribution >= 4 is 27.9 Å². The zero-order chi connectivity index (χ0) is 17.9. The van der Waals surface area contributed by atoms with Crippen LogP contribution in [0.4, 0.5) is 5.69 Å². The smallest absolute Gasteiger partial charge is 0.230 e. The maximum Gasteiger partial charge on any atom is 0.230 e. The lowest BCUT2D eigenvalue weighted by atomic mass is 10.1. The third-order valence-corrected chi connectivity index (χ3v) is 5.23. The van der Waals surface area contributed by atoms with Crippen LogP contribution in [0.25, 0.3) is 16.2 Å². The third-order valence-electron chi connectivity index (χ3n) is 4.34.